The number of ether oxygens (including phenoxy) is 1. The fourth-order valence-corrected chi connectivity index (χ4v) is 2.77. The summed E-state index contributed by atoms with van der Waals surface area (Å²) in [7, 11) is 0. The third-order valence-electron chi connectivity index (χ3n) is 3.85. The van der Waals surface area contributed by atoms with Gasteiger partial charge in [0.05, 0.1) is 24.8 Å². The van der Waals surface area contributed by atoms with Gasteiger partial charge < -0.3 is 4.74 Å². The highest BCUT2D eigenvalue weighted by Crippen LogP contribution is 2.18. The molecule has 2 saturated heterocycles. The van der Waals surface area contributed by atoms with Gasteiger partial charge in [-0.05, 0) is 33.2 Å². The molecule has 2 rings (SSSR count). The Bertz CT molecular complexity index is 287. The first kappa shape index (κ1) is 12.8. The average molecular weight is 237 g/mol. The molecule has 96 valence electrons. The topological polar surface area (TPSA) is 39.5 Å². The molecule has 0 bridgehead atoms. The van der Waals surface area contributed by atoms with Gasteiger partial charge in [-0.15, -0.1) is 0 Å². The average Bonchev–Trinajstić information content (AvgIpc) is 2.76. The highest BCUT2D eigenvalue weighted by atomic mass is 16.5. The van der Waals surface area contributed by atoms with Crippen LogP contribution in [0.5, 0.6) is 0 Å². The van der Waals surface area contributed by atoms with Gasteiger partial charge >= 0.3 is 0 Å². The summed E-state index contributed by atoms with van der Waals surface area (Å²) in [5.74, 6) is 0. The minimum atomic E-state index is 0.119. The van der Waals surface area contributed by atoms with E-state index in [1.807, 2.05) is 0 Å². The molecule has 0 aromatic carbocycles. The van der Waals surface area contributed by atoms with E-state index in [-0.39, 0.29) is 12.1 Å². The van der Waals surface area contributed by atoms with Crippen molar-refractivity contribution in [1.29, 1.82) is 5.26 Å². The lowest BCUT2D eigenvalue weighted by molar-refractivity contribution is -0.0517. The molecular weight excluding hydrogens is 214 g/mol. The van der Waals surface area contributed by atoms with E-state index in [0.29, 0.717) is 6.04 Å². The van der Waals surface area contributed by atoms with E-state index in [1.54, 1.807) is 0 Å². The molecule has 2 heterocycles. The van der Waals surface area contributed by atoms with Crippen molar-refractivity contribution in [3.63, 3.8) is 0 Å². The van der Waals surface area contributed by atoms with Crippen molar-refractivity contribution < 1.29 is 4.74 Å². The SMILES string of the molecule is CC(C)N1CCOC(CN2CCCC2C#N)C1. The molecule has 2 aliphatic heterocycles. The van der Waals surface area contributed by atoms with Gasteiger partial charge in [0, 0.05) is 25.7 Å². The molecular formula is C13H23N3O. The van der Waals surface area contributed by atoms with Gasteiger partial charge in [-0.25, -0.2) is 0 Å². The Morgan fingerprint density at radius 2 is 2.24 bits per heavy atom. The van der Waals surface area contributed by atoms with E-state index >= 15 is 0 Å². The van der Waals surface area contributed by atoms with Crippen LogP contribution in [0.3, 0.4) is 0 Å². The van der Waals surface area contributed by atoms with Crippen molar-refractivity contribution in [3.8, 4) is 6.07 Å². The molecule has 17 heavy (non-hydrogen) atoms. The fourth-order valence-electron chi connectivity index (χ4n) is 2.77. The summed E-state index contributed by atoms with van der Waals surface area (Å²) in [5, 5.41) is 9.06. The summed E-state index contributed by atoms with van der Waals surface area (Å²) in [6.45, 7) is 9.31. The van der Waals surface area contributed by atoms with Crippen LogP contribution in [-0.4, -0.2) is 60.8 Å². The maximum absolute atomic E-state index is 9.06. The lowest BCUT2D eigenvalue weighted by Gasteiger charge is -2.37. The van der Waals surface area contributed by atoms with Gasteiger partial charge in [0.25, 0.3) is 0 Å². The third kappa shape index (κ3) is 3.19. The molecule has 0 radical (unpaired) electrons. The van der Waals surface area contributed by atoms with Crippen LogP contribution in [0.2, 0.25) is 0 Å². The Morgan fingerprint density at radius 1 is 1.41 bits per heavy atom. The summed E-state index contributed by atoms with van der Waals surface area (Å²) in [5.41, 5.74) is 0. The normalized spacial score (nSPS) is 31.9. The number of hydrogen-bond acceptors (Lipinski definition) is 4. The van der Waals surface area contributed by atoms with Crippen LogP contribution >= 0.6 is 0 Å². The van der Waals surface area contributed by atoms with Crippen LogP contribution in [-0.2, 0) is 4.74 Å². The van der Waals surface area contributed by atoms with Crippen LogP contribution < -0.4 is 0 Å². The van der Waals surface area contributed by atoms with Crippen LogP contribution in [0.1, 0.15) is 26.7 Å². The quantitative estimate of drug-likeness (QED) is 0.736. The van der Waals surface area contributed by atoms with E-state index in [9.17, 15) is 0 Å². The van der Waals surface area contributed by atoms with Crippen molar-refractivity contribution in [3.05, 3.63) is 0 Å². The highest BCUT2D eigenvalue weighted by Gasteiger charge is 2.29. The van der Waals surface area contributed by atoms with Gasteiger partial charge in [0.2, 0.25) is 0 Å². The predicted octanol–water partition coefficient (Wildman–Crippen LogP) is 1.08. The smallest absolute Gasteiger partial charge is 0.0979 e. The highest BCUT2D eigenvalue weighted by molar-refractivity contribution is 4.96. The van der Waals surface area contributed by atoms with Gasteiger partial charge in [0.15, 0.2) is 0 Å². The zero-order valence-electron chi connectivity index (χ0n) is 10.9. The first-order valence-corrected chi connectivity index (χ1v) is 6.70. The molecule has 4 nitrogen and oxygen atoms in total. The third-order valence-corrected chi connectivity index (χ3v) is 3.85. The second-order valence-corrected chi connectivity index (χ2v) is 5.36. The molecule has 0 spiro atoms. The van der Waals surface area contributed by atoms with E-state index in [1.165, 1.54) is 0 Å². The van der Waals surface area contributed by atoms with Crippen molar-refractivity contribution >= 4 is 0 Å². The minimum Gasteiger partial charge on any atom is -0.374 e. The standard InChI is InChI=1S/C13H23N3O/c1-11(2)15-6-7-17-13(9-15)10-16-5-3-4-12(16)8-14/h11-13H,3-7,9-10H2,1-2H3. The molecule has 0 N–H and O–H groups in total. The van der Waals surface area contributed by atoms with E-state index in [0.717, 1.165) is 45.6 Å². The van der Waals surface area contributed by atoms with E-state index in [4.69, 9.17) is 10.00 Å². The van der Waals surface area contributed by atoms with Crippen molar-refractivity contribution in [2.24, 2.45) is 0 Å². The molecule has 0 aliphatic carbocycles. The Morgan fingerprint density at radius 3 is 2.94 bits per heavy atom. The largest absolute Gasteiger partial charge is 0.374 e. The summed E-state index contributed by atoms with van der Waals surface area (Å²) in [6, 6.07) is 3.10. The lowest BCUT2D eigenvalue weighted by Crippen LogP contribution is -2.50. The molecule has 0 aromatic heterocycles. The molecule has 0 aromatic rings. The van der Waals surface area contributed by atoms with E-state index < -0.39 is 0 Å². The van der Waals surface area contributed by atoms with Gasteiger partial charge in [-0.3, -0.25) is 9.80 Å². The maximum atomic E-state index is 9.06. The number of nitriles is 1. The van der Waals surface area contributed by atoms with Crippen LogP contribution in [0.15, 0.2) is 0 Å². The Labute approximate surface area is 104 Å². The first-order valence-electron chi connectivity index (χ1n) is 6.70. The zero-order chi connectivity index (χ0) is 12.3. The molecule has 4 heteroatoms. The first-order chi connectivity index (χ1) is 8.20. The molecule has 0 amide bonds. The number of nitrogens with zero attached hydrogens (tertiary/aromatic N) is 3. The van der Waals surface area contributed by atoms with Gasteiger partial charge in [-0.2, -0.15) is 5.26 Å². The fraction of sp³-hybridized carbons (Fsp3) is 0.923. The van der Waals surface area contributed by atoms with Crippen molar-refractivity contribution in [2.75, 3.05) is 32.8 Å². The number of likely N-dealkylation sites (tertiary alicyclic amines) is 1. The van der Waals surface area contributed by atoms with Crippen LogP contribution in [0.25, 0.3) is 0 Å². The van der Waals surface area contributed by atoms with Gasteiger partial charge in [-0.1, -0.05) is 0 Å². The monoisotopic (exact) mass is 237 g/mol. The van der Waals surface area contributed by atoms with Crippen LogP contribution in [0, 0.1) is 11.3 Å². The number of hydrogen-bond donors (Lipinski definition) is 0. The van der Waals surface area contributed by atoms with Gasteiger partial charge in [0.1, 0.15) is 0 Å². The van der Waals surface area contributed by atoms with Crippen molar-refractivity contribution in [1.82, 2.24) is 9.80 Å². The lowest BCUT2D eigenvalue weighted by atomic mass is 10.2. The summed E-state index contributed by atoms with van der Waals surface area (Å²) in [6.07, 6.45) is 2.45. The number of rotatable bonds is 3. The number of morpholine rings is 1. The molecule has 2 atom stereocenters. The predicted molar refractivity (Wildman–Crippen MR) is 66.7 cm³/mol. The van der Waals surface area contributed by atoms with E-state index in [2.05, 4.69) is 29.7 Å². The molecule has 0 saturated carbocycles. The summed E-state index contributed by atoms with van der Waals surface area (Å²) >= 11 is 0. The van der Waals surface area contributed by atoms with Crippen molar-refractivity contribution in [2.45, 2.75) is 44.9 Å². The second kappa shape index (κ2) is 5.81. The Hall–Kier alpha value is -0.630. The Kier molecular flexibility index (Phi) is 4.38. The summed E-state index contributed by atoms with van der Waals surface area (Å²) in [4.78, 5) is 4.75. The minimum absolute atomic E-state index is 0.119. The molecule has 2 unspecified atom stereocenters. The van der Waals surface area contributed by atoms with Crippen LogP contribution in [0.4, 0.5) is 0 Å². The molecule has 2 aliphatic rings. The second-order valence-electron chi connectivity index (χ2n) is 5.36. The summed E-state index contributed by atoms with van der Waals surface area (Å²) < 4.78 is 5.82. The molecule has 2 fully saturated rings. The maximum Gasteiger partial charge on any atom is 0.0979 e. The zero-order valence-corrected chi connectivity index (χ0v) is 10.9. The Balaban J connectivity index is 1.84.